The Morgan fingerprint density at radius 3 is 2.56 bits per heavy atom. The van der Waals surface area contributed by atoms with Gasteiger partial charge in [-0.05, 0) is 6.92 Å². The highest BCUT2D eigenvalue weighted by molar-refractivity contribution is 5.95. The molecule has 0 radical (unpaired) electrons. The van der Waals surface area contributed by atoms with Gasteiger partial charge in [0.1, 0.15) is 11.8 Å². The van der Waals surface area contributed by atoms with Crippen molar-refractivity contribution in [3.63, 3.8) is 0 Å². The Kier molecular flexibility index (Phi) is 3.65. The van der Waals surface area contributed by atoms with Crippen LogP contribution in [0.4, 0.5) is 0 Å². The molecule has 6 heteroatoms. The molecule has 0 aliphatic carbocycles. The first-order valence-corrected chi connectivity index (χ1v) is 4.90. The Morgan fingerprint density at radius 2 is 2.06 bits per heavy atom. The van der Waals surface area contributed by atoms with E-state index in [1.54, 1.807) is 0 Å². The van der Waals surface area contributed by atoms with Crippen LogP contribution in [0.15, 0.2) is 10.8 Å². The van der Waals surface area contributed by atoms with Gasteiger partial charge in [-0.3, -0.25) is 9.59 Å². The van der Waals surface area contributed by atoms with Crippen LogP contribution >= 0.6 is 0 Å². The van der Waals surface area contributed by atoms with E-state index < -0.39 is 17.9 Å². The lowest BCUT2D eigenvalue weighted by molar-refractivity contribution is -0.138. The molecule has 0 fully saturated rings. The lowest BCUT2D eigenvalue weighted by Gasteiger charge is -2.09. The van der Waals surface area contributed by atoms with Gasteiger partial charge in [0.25, 0.3) is 5.91 Å². The molecule has 0 aliphatic heterocycles. The first kappa shape index (κ1) is 12.2. The van der Waals surface area contributed by atoms with Crippen LogP contribution in [0.3, 0.4) is 0 Å². The van der Waals surface area contributed by atoms with E-state index in [9.17, 15) is 9.59 Å². The Balaban J connectivity index is 2.81. The molecule has 0 spiro atoms. The summed E-state index contributed by atoms with van der Waals surface area (Å²) in [6.45, 7) is 5.10. The van der Waals surface area contributed by atoms with Gasteiger partial charge in [-0.25, -0.2) is 4.98 Å². The van der Waals surface area contributed by atoms with Gasteiger partial charge in [-0.15, -0.1) is 0 Å². The summed E-state index contributed by atoms with van der Waals surface area (Å²) in [5.41, 5.74) is 0.142. The van der Waals surface area contributed by atoms with Crippen LogP contribution in [0.25, 0.3) is 0 Å². The number of carboxylic acids is 1. The minimum atomic E-state index is -1.09. The molecule has 1 atom stereocenters. The Hall–Kier alpha value is -1.85. The van der Waals surface area contributed by atoms with Gasteiger partial charge in [-0.1, -0.05) is 13.8 Å². The molecule has 0 aromatic carbocycles. The predicted molar refractivity (Wildman–Crippen MR) is 55.2 cm³/mol. The lowest BCUT2D eigenvalue weighted by Crippen LogP contribution is -2.38. The van der Waals surface area contributed by atoms with E-state index >= 15 is 0 Å². The number of rotatable bonds is 4. The van der Waals surface area contributed by atoms with E-state index in [-0.39, 0.29) is 11.6 Å². The first-order chi connectivity index (χ1) is 7.43. The van der Waals surface area contributed by atoms with Gasteiger partial charge < -0.3 is 14.8 Å². The molecule has 0 aliphatic rings. The molecule has 0 bridgehead atoms. The van der Waals surface area contributed by atoms with Crippen LogP contribution in [0.1, 0.15) is 42.9 Å². The normalized spacial score (nSPS) is 12.5. The predicted octanol–water partition coefficient (Wildman–Crippen LogP) is 1.00. The number of aromatic nitrogens is 1. The van der Waals surface area contributed by atoms with Gasteiger partial charge in [-0.2, -0.15) is 0 Å². The molecule has 0 saturated carbocycles. The number of nitrogens with zero attached hydrogens (tertiary/aromatic N) is 1. The number of carbonyl (C=O) groups is 2. The van der Waals surface area contributed by atoms with Crippen molar-refractivity contribution in [2.45, 2.75) is 32.7 Å². The smallest absolute Gasteiger partial charge is 0.325 e. The first-order valence-electron chi connectivity index (χ1n) is 4.90. The largest absolute Gasteiger partial charge is 0.480 e. The Morgan fingerprint density at radius 1 is 1.44 bits per heavy atom. The van der Waals surface area contributed by atoms with Crippen molar-refractivity contribution >= 4 is 11.9 Å². The Bertz CT molecular complexity index is 397. The van der Waals surface area contributed by atoms with Gasteiger partial charge >= 0.3 is 5.97 Å². The summed E-state index contributed by atoms with van der Waals surface area (Å²) in [7, 11) is 0. The Labute approximate surface area is 92.7 Å². The highest BCUT2D eigenvalue weighted by atomic mass is 16.4. The van der Waals surface area contributed by atoms with Crippen molar-refractivity contribution in [2.24, 2.45) is 0 Å². The van der Waals surface area contributed by atoms with Gasteiger partial charge in [0.05, 0.1) is 0 Å². The summed E-state index contributed by atoms with van der Waals surface area (Å²) in [5, 5.41) is 11.0. The van der Waals surface area contributed by atoms with Crippen molar-refractivity contribution < 1.29 is 19.1 Å². The average Bonchev–Trinajstić information content (AvgIpc) is 2.65. The maximum atomic E-state index is 11.6. The van der Waals surface area contributed by atoms with E-state index in [1.807, 2.05) is 13.8 Å². The summed E-state index contributed by atoms with van der Waals surface area (Å²) in [4.78, 5) is 26.0. The molecule has 1 aromatic heterocycles. The van der Waals surface area contributed by atoms with Crippen LogP contribution < -0.4 is 5.32 Å². The topological polar surface area (TPSA) is 92.4 Å². The third-order valence-electron chi connectivity index (χ3n) is 2.05. The number of carboxylic acid groups (broad SMARTS) is 1. The van der Waals surface area contributed by atoms with E-state index in [2.05, 4.69) is 10.3 Å². The quantitative estimate of drug-likeness (QED) is 0.799. The molecule has 0 saturated heterocycles. The third kappa shape index (κ3) is 2.59. The molecule has 1 heterocycles. The van der Waals surface area contributed by atoms with Crippen LogP contribution in [-0.2, 0) is 4.79 Å². The molecular weight excluding hydrogens is 212 g/mol. The number of nitrogens with one attached hydrogen (secondary N) is 1. The fraction of sp³-hybridized carbons (Fsp3) is 0.500. The molecule has 1 rings (SSSR count). The second kappa shape index (κ2) is 4.78. The van der Waals surface area contributed by atoms with Crippen LogP contribution in [-0.4, -0.2) is 28.0 Å². The number of oxazole rings is 1. The van der Waals surface area contributed by atoms with Gasteiger partial charge in [0.15, 0.2) is 12.1 Å². The van der Waals surface area contributed by atoms with E-state index in [0.29, 0.717) is 5.76 Å². The number of amides is 1. The van der Waals surface area contributed by atoms with Gasteiger partial charge in [0.2, 0.25) is 0 Å². The highest BCUT2D eigenvalue weighted by Crippen LogP contribution is 2.17. The second-order valence-electron chi connectivity index (χ2n) is 3.75. The van der Waals surface area contributed by atoms with E-state index in [0.717, 1.165) is 0 Å². The molecule has 88 valence electrons. The summed E-state index contributed by atoms with van der Waals surface area (Å²) in [6.07, 6.45) is 1.18. The highest BCUT2D eigenvalue weighted by Gasteiger charge is 2.22. The molecule has 1 aromatic rings. The number of hydrogen-bond acceptors (Lipinski definition) is 4. The maximum Gasteiger partial charge on any atom is 0.325 e. The van der Waals surface area contributed by atoms with Gasteiger partial charge in [0, 0.05) is 5.92 Å². The number of carbonyl (C=O) groups excluding carboxylic acids is 1. The SMILES string of the molecule is CC(C)c1ocnc1C(=O)N[C@H](C)C(=O)O. The van der Waals surface area contributed by atoms with Crippen molar-refractivity contribution in [3.05, 3.63) is 17.8 Å². The van der Waals surface area contributed by atoms with Crippen molar-refractivity contribution in [2.75, 3.05) is 0 Å². The zero-order valence-electron chi connectivity index (χ0n) is 9.35. The zero-order chi connectivity index (χ0) is 12.3. The van der Waals surface area contributed by atoms with Crippen LogP contribution in [0, 0.1) is 0 Å². The molecule has 16 heavy (non-hydrogen) atoms. The molecular formula is C10H14N2O4. The summed E-state index contributed by atoms with van der Waals surface area (Å²) < 4.78 is 5.07. The third-order valence-corrected chi connectivity index (χ3v) is 2.05. The minimum Gasteiger partial charge on any atom is -0.480 e. The number of aliphatic carboxylic acids is 1. The van der Waals surface area contributed by atoms with Crippen molar-refractivity contribution in [1.29, 1.82) is 0 Å². The average molecular weight is 226 g/mol. The fourth-order valence-corrected chi connectivity index (χ4v) is 1.16. The summed E-state index contributed by atoms with van der Waals surface area (Å²) >= 11 is 0. The lowest BCUT2D eigenvalue weighted by atomic mass is 10.1. The van der Waals surface area contributed by atoms with E-state index in [1.165, 1.54) is 13.3 Å². The standard InChI is InChI=1S/C10H14N2O4/c1-5(2)8-7(11-4-16-8)9(13)12-6(3)10(14)15/h4-6H,1-3H3,(H,12,13)(H,14,15)/t6-/m1/s1. The van der Waals surface area contributed by atoms with E-state index in [4.69, 9.17) is 9.52 Å². The van der Waals surface area contributed by atoms with Crippen molar-refractivity contribution in [3.8, 4) is 0 Å². The summed E-state index contributed by atoms with van der Waals surface area (Å²) in [5.74, 6) is -1.16. The maximum absolute atomic E-state index is 11.6. The fourth-order valence-electron chi connectivity index (χ4n) is 1.16. The molecule has 6 nitrogen and oxygen atoms in total. The van der Waals surface area contributed by atoms with Crippen LogP contribution in [0.2, 0.25) is 0 Å². The summed E-state index contributed by atoms with van der Waals surface area (Å²) in [6, 6.07) is -0.954. The second-order valence-corrected chi connectivity index (χ2v) is 3.75. The monoisotopic (exact) mass is 226 g/mol. The minimum absolute atomic E-state index is 0.0170. The number of hydrogen-bond donors (Lipinski definition) is 2. The molecule has 2 N–H and O–H groups in total. The molecule has 0 unspecified atom stereocenters. The van der Waals surface area contributed by atoms with Crippen LogP contribution in [0.5, 0.6) is 0 Å². The molecule has 1 amide bonds. The van der Waals surface area contributed by atoms with Crippen molar-refractivity contribution in [1.82, 2.24) is 10.3 Å². The zero-order valence-corrected chi connectivity index (χ0v) is 9.35.